The predicted molar refractivity (Wildman–Crippen MR) is 110 cm³/mol. The number of fused-ring (bicyclic) bond motifs is 1. The summed E-state index contributed by atoms with van der Waals surface area (Å²) in [7, 11) is 0. The molecule has 152 valence electrons. The molecule has 1 heterocycles. The number of alkyl halides is 2. The highest BCUT2D eigenvalue weighted by Gasteiger charge is 2.20. The molecule has 2 aromatic carbocycles. The summed E-state index contributed by atoms with van der Waals surface area (Å²) < 4.78 is 31.5. The third kappa shape index (κ3) is 4.12. The molecule has 0 bridgehead atoms. The van der Waals surface area contributed by atoms with Gasteiger partial charge in [0.25, 0.3) is 6.43 Å². The Hall–Kier alpha value is -2.86. The van der Waals surface area contributed by atoms with Crippen molar-refractivity contribution in [3.8, 4) is 17.0 Å². The van der Waals surface area contributed by atoms with Gasteiger partial charge in [-0.25, -0.2) is 8.78 Å². The van der Waals surface area contributed by atoms with Crippen LogP contribution in [0.1, 0.15) is 36.5 Å². The zero-order valence-corrected chi connectivity index (χ0v) is 16.2. The van der Waals surface area contributed by atoms with Gasteiger partial charge < -0.3 is 20.1 Å². The minimum absolute atomic E-state index is 0.00825. The molecule has 0 aliphatic heterocycles. The maximum absolute atomic E-state index is 12.9. The summed E-state index contributed by atoms with van der Waals surface area (Å²) in [5.41, 5.74) is 4.83. The molecule has 4 rings (SSSR count). The average molecular weight is 398 g/mol. The number of anilines is 2. The van der Waals surface area contributed by atoms with Crippen molar-refractivity contribution in [1.29, 1.82) is 0 Å². The van der Waals surface area contributed by atoms with Gasteiger partial charge in [-0.1, -0.05) is 36.4 Å². The van der Waals surface area contributed by atoms with E-state index in [2.05, 4.69) is 16.4 Å². The second kappa shape index (κ2) is 8.25. The van der Waals surface area contributed by atoms with E-state index in [0.29, 0.717) is 18.8 Å². The van der Waals surface area contributed by atoms with Crippen LogP contribution < -0.4 is 10.1 Å². The molecule has 0 fully saturated rings. The van der Waals surface area contributed by atoms with E-state index >= 15 is 0 Å². The lowest BCUT2D eigenvalue weighted by atomic mass is 9.88. The fraction of sp³-hybridized carbons (Fsp3) is 0.304. The molecule has 29 heavy (non-hydrogen) atoms. The van der Waals surface area contributed by atoms with Crippen molar-refractivity contribution in [2.45, 2.75) is 38.7 Å². The summed E-state index contributed by atoms with van der Waals surface area (Å²) in [4.78, 5) is 3.31. The van der Waals surface area contributed by atoms with Crippen molar-refractivity contribution in [2.75, 3.05) is 11.9 Å². The van der Waals surface area contributed by atoms with Crippen molar-refractivity contribution in [2.24, 2.45) is 0 Å². The van der Waals surface area contributed by atoms with Gasteiger partial charge in [0.2, 0.25) is 0 Å². The number of benzene rings is 2. The van der Waals surface area contributed by atoms with E-state index < -0.39 is 6.43 Å². The van der Waals surface area contributed by atoms with E-state index in [1.165, 1.54) is 17.7 Å². The van der Waals surface area contributed by atoms with Crippen LogP contribution in [0.5, 0.6) is 5.75 Å². The van der Waals surface area contributed by atoms with Gasteiger partial charge in [-0.15, -0.1) is 0 Å². The van der Waals surface area contributed by atoms with Crippen LogP contribution in [0.25, 0.3) is 11.3 Å². The van der Waals surface area contributed by atoms with E-state index in [1.54, 1.807) is 12.1 Å². The molecular formula is C23H24F2N2O2. The quantitative estimate of drug-likeness (QED) is 0.506. The Balaban J connectivity index is 1.65. The Kier molecular flexibility index (Phi) is 5.53. The van der Waals surface area contributed by atoms with Gasteiger partial charge in [-0.3, -0.25) is 0 Å². The molecule has 4 nitrogen and oxygen atoms in total. The maximum atomic E-state index is 12.9. The molecule has 0 saturated heterocycles. The van der Waals surface area contributed by atoms with Gasteiger partial charge in [-0.2, -0.15) is 0 Å². The Morgan fingerprint density at radius 1 is 1.21 bits per heavy atom. The molecule has 1 unspecified atom stereocenters. The molecule has 0 spiro atoms. The van der Waals surface area contributed by atoms with Crippen LogP contribution in [0.2, 0.25) is 0 Å². The van der Waals surface area contributed by atoms with E-state index in [4.69, 9.17) is 4.74 Å². The van der Waals surface area contributed by atoms with E-state index in [9.17, 15) is 13.9 Å². The Morgan fingerprint density at radius 3 is 2.72 bits per heavy atom. The lowest BCUT2D eigenvalue weighted by Gasteiger charge is -2.23. The summed E-state index contributed by atoms with van der Waals surface area (Å²) in [5.74, 6) is 1.40. The number of aliphatic hydroxyl groups excluding tert-OH is 1. The zero-order chi connectivity index (χ0) is 20.4. The Labute approximate surface area is 168 Å². The molecule has 3 aromatic rings. The molecule has 1 aromatic heterocycles. The fourth-order valence-electron chi connectivity index (χ4n) is 3.81. The van der Waals surface area contributed by atoms with Gasteiger partial charge in [0, 0.05) is 29.3 Å². The summed E-state index contributed by atoms with van der Waals surface area (Å²) in [6, 6.07) is 14.2. The number of aliphatic hydroxyl groups is 1. The first-order valence-corrected chi connectivity index (χ1v) is 9.85. The lowest BCUT2D eigenvalue weighted by Crippen LogP contribution is -2.19. The molecule has 0 radical (unpaired) electrons. The number of nitrogens with one attached hydrogen (secondary N) is 2. The number of rotatable bonds is 6. The third-order valence-corrected chi connectivity index (χ3v) is 5.26. The van der Waals surface area contributed by atoms with Crippen molar-refractivity contribution < 1.29 is 18.6 Å². The molecule has 3 N–H and O–H groups in total. The molecule has 0 amide bonds. The summed E-state index contributed by atoms with van der Waals surface area (Å²) in [6.45, 7) is 2.39. The smallest absolute Gasteiger partial charge is 0.263 e. The third-order valence-electron chi connectivity index (χ3n) is 5.26. The zero-order valence-electron chi connectivity index (χ0n) is 16.2. The first-order chi connectivity index (χ1) is 14.0. The maximum Gasteiger partial charge on any atom is 0.263 e. The highest BCUT2D eigenvalue weighted by atomic mass is 19.3. The van der Waals surface area contributed by atoms with Crippen molar-refractivity contribution in [3.63, 3.8) is 0 Å². The molecule has 1 aliphatic carbocycles. The van der Waals surface area contributed by atoms with Crippen LogP contribution in [0, 0.1) is 0 Å². The largest absolute Gasteiger partial charge is 0.492 e. The van der Waals surface area contributed by atoms with Gasteiger partial charge in [-0.05, 0) is 37.0 Å². The number of hydrogen-bond donors (Lipinski definition) is 3. The number of aromatic amines is 1. The van der Waals surface area contributed by atoms with E-state index in [1.807, 2.05) is 25.1 Å². The van der Waals surface area contributed by atoms with Crippen LogP contribution in [0.15, 0.2) is 48.5 Å². The standard InChI is InChI=1S/C23H24F2N2O2/c1-2-29-20-13-21(27-22(20)15-6-8-16(9-7-15)23(24)25)26-19-5-3-4-14-10-11-17(28)12-18(14)19/h3-9,13,17,23,26-28H,2,10-12H2,1H3. The first-order valence-electron chi connectivity index (χ1n) is 9.85. The second-order valence-electron chi connectivity index (χ2n) is 7.24. The fourth-order valence-corrected chi connectivity index (χ4v) is 3.81. The van der Waals surface area contributed by atoms with Crippen molar-refractivity contribution in [1.82, 2.24) is 4.98 Å². The van der Waals surface area contributed by atoms with Crippen molar-refractivity contribution in [3.05, 3.63) is 65.2 Å². The lowest BCUT2D eigenvalue weighted by molar-refractivity contribution is 0.151. The highest BCUT2D eigenvalue weighted by molar-refractivity contribution is 5.74. The summed E-state index contributed by atoms with van der Waals surface area (Å²) in [5, 5.41) is 13.5. The van der Waals surface area contributed by atoms with Crippen LogP contribution >= 0.6 is 0 Å². The van der Waals surface area contributed by atoms with Gasteiger partial charge >= 0.3 is 0 Å². The van der Waals surface area contributed by atoms with Crippen LogP contribution in [0.3, 0.4) is 0 Å². The van der Waals surface area contributed by atoms with Gasteiger partial charge in [0.05, 0.1) is 18.4 Å². The number of ether oxygens (including phenoxy) is 1. The van der Waals surface area contributed by atoms with Gasteiger partial charge in [0.15, 0.2) is 0 Å². The normalized spacial score (nSPS) is 16.0. The van der Waals surface area contributed by atoms with E-state index in [0.717, 1.165) is 41.2 Å². The second-order valence-corrected chi connectivity index (χ2v) is 7.24. The van der Waals surface area contributed by atoms with Crippen molar-refractivity contribution >= 4 is 11.5 Å². The Bertz CT molecular complexity index is 983. The van der Waals surface area contributed by atoms with Crippen LogP contribution in [0.4, 0.5) is 20.3 Å². The molecule has 0 saturated carbocycles. The molecular weight excluding hydrogens is 374 g/mol. The molecule has 1 aliphatic rings. The molecule has 6 heteroatoms. The number of aromatic nitrogens is 1. The minimum atomic E-state index is -2.49. The van der Waals surface area contributed by atoms with Gasteiger partial charge in [0.1, 0.15) is 11.6 Å². The Morgan fingerprint density at radius 2 is 2.00 bits per heavy atom. The topological polar surface area (TPSA) is 57.3 Å². The monoisotopic (exact) mass is 398 g/mol. The summed E-state index contributed by atoms with van der Waals surface area (Å²) >= 11 is 0. The van der Waals surface area contributed by atoms with E-state index in [-0.39, 0.29) is 11.7 Å². The molecule has 1 atom stereocenters. The minimum Gasteiger partial charge on any atom is -0.492 e. The number of hydrogen-bond acceptors (Lipinski definition) is 3. The first kappa shape index (κ1) is 19.5. The summed E-state index contributed by atoms with van der Waals surface area (Å²) in [6.07, 6.45) is -0.540. The SMILES string of the molecule is CCOc1cc(Nc2cccc3c2CC(O)CC3)[nH]c1-c1ccc(C(F)F)cc1. The highest BCUT2D eigenvalue weighted by Crippen LogP contribution is 2.36. The number of aryl methyl sites for hydroxylation is 1. The number of halogens is 2. The number of H-pyrrole nitrogens is 1. The average Bonchev–Trinajstić information content (AvgIpc) is 3.11. The predicted octanol–water partition coefficient (Wildman–Crippen LogP) is 5.61. The van der Waals surface area contributed by atoms with Crippen LogP contribution in [-0.4, -0.2) is 22.8 Å². The van der Waals surface area contributed by atoms with Crippen LogP contribution in [-0.2, 0) is 12.8 Å².